The van der Waals surface area contributed by atoms with Gasteiger partial charge in [0, 0.05) is 24.6 Å². The van der Waals surface area contributed by atoms with Crippen LogP contribution in [0, 0.1) is 5.92 Å². The second kappa shape index (κ2) is 10.9. The first-order valence-electron chi connectivity index (χ1n) is 13.2. The van der Waals surface area contributed by atoms with Gasteiger partial charge in [0.1, 0.15) is 17.6 Å². The van der Waals surface area contributed by atoms with Crippen LogP contribution < -0.4 is 20.7 Å². The van der Waals surface area contributed by atoms with Crippen LogP contribution in [0.25, 0.3) is 0 Å². The molecule has 2 fully saturated rings. The highest BCUT2D eigenvalue weighted by Gasteiger charge is 2.47. The standard InChI is InChI=1S/C28H36N4O4/c1-35-21-10-12-24(29-18-21)32-25(19-7-5-3-2-4-6-8-19)26(33)30-20-9-11-22-23(17-20)31-27(34)28(22)13-15-36-16-14-28/h9-12,17-19,25H,2-8,13-16H2,1H3,(H,29,32)(H,30,33)(H,31,34). The molecule has 3 aliphatic rings. The van der Waals surface area contributed by atoms with Gasteiger partial charge < -0.3 is 25.4 Å². The fourth-order valence-electron chi connectivity index (χ4n) is 5.91. The Hall–Kier alpha value is -3.13. The third-order valence-electron chi connectivity index (χ3n) is 8.01. The maximum atomic E-state index is 13.7. The van der Waals surface area contributed by atoms with E-state index in [-0.39, 0.29) is 17.7 Å². The van der Waals surface area contributed by atoms with Crippen molar-refractivity contribution in [3.05, 3.63) is 42.1 Å². The molecule has 3 N–H and O–H groups in total. The lowest BCUT2D eigenvalue weighted by Gasteiger charge is -2.31. The van der Waals surface area contributed by atoms with Crippen molar-refractivity contribution in [2.45, 2.75) is 69.2 Å². The molecule has 3 heterocycles. The number of benzene rings is 1. The predicted octanol–water partition coefficient (Wildman–Crippen LogP) is 4.87. The zero-order valence-corrected chi connectivity index (χ0v) is 21.0. The first-order chi connectivity index (χ1) is 17.6. The summed E-state index contributed by atoms with van der Waals surface area (Å²) in [6.07, 6.45) is 11.0. The highest BCUT2D eigenvalue weighted by atomic mass is 16.5. The van der Waals surface area contributed by atoms with Crippen LogP contribution in [0.1, 0.15) is 63.4 Å². The van der Waals surface area contributed by atoms with Crippen molar-refractivity contribution in [3.8, 4) is 5.75 Å². The Morgan fingerprint density at radius 1 is 1.11 bits per heavy atom. The molecule has 2 amide bonds. The SMILES string of the molecule is COc1ccc(NC(C(=O)Nc2ccc3c(c2)NC(=O)C32CCOCC2)C2CCCCCCC2)nc1. The number of methoxy groups -OCH3 is 1. The van der Waals surface area contributed by atoms with Crippen molar-refractivity contribution in [1.29, 1.82) is 0 Å². The third-order valence-corrected chi connectivity index (χ3v) is 8.01. The Morgan fingerprint density at radius 2 is 1.86 bits per heavy atom. The largest absolute Gasteiger partial charge is 0.495 e. The minimum Gasteiger partial charge on any atom is -0.495 e. The van der Waals surface area contributed by atoms with E-state index in [9.17, 15) is 9.59 Å². The zero-order chi connectivity index (χ0) is 25.0. The Balaban J connectivity index is 1.35. The van der Waals surface area contributed by atoms with Crippen molar-refractivity contribution in [2.24, 2.45) is 5.92 Å². The minimum atomic E-state index is -0.515. The van der Waals surface area contributed by atoms with Crippen LogP contribution >= 0.6 is 0 Å². The van der Waals surface area contributed by atoms with Crippen molar-refractivity contribution >= 4 is 29.0 Å². The molecule has 0 radical (unpaired) electrons. The van der Waals surface area contributed by atoms with Crippen LogP contribution in [0.3, 0.4) is 0 Å². The van der Waals surface area contributed by atoms with Crippen LogP contribution in [0.15, 0.2) is 36.5 Å². The summed E-state index contributed by atoms with van der Waals surface area (Å²) in [4.78, 5) is 31.0. The van der Waals surface area contributed by atoms with Gasteiger partial charge in [0.25, 0.3) is 0 Å². The third kappa shape index (κ3) is 5.05. The summed E-state index contributed by atoms with van der Waals surface area (Å²) in [6, 6.07) is 9.06. The van der Waals surface area contributed by atoms with Gasteiger partial charge in [0.05, 0.1) is 18.7 Å². The van der Waals surface area contributed by atoms with E-state index in [1.165, 1.54) is 19.3 Å². The number of hydrogen-bond donors (Lipinski definition) is 3. The molecule has 1 unspecified atom stereocenters. The molecule has 1 spiro atoms. The van der Waals surface area contributed by atoms with Gasteiger partial charge in [-0.05, 0) is 61.4 Å². The highest BCUT2D eigenvalue weighted by molar-refractivity contribution is 6.07. The van der Waals surface area contributed by atoms with E-state index in [1.807, 2.05) is 30.3 Å². The molecule has 1 aliphatic carbocycles. The predicted molar refractivity (Wildman–Crippen MR) is 139 cm³/mol. The number of fused-ring (bicyclic) bond motifs is 2. The average molecular weight is 493 g/mol. The molecule has 0 bridgehead atoms. The molecule has 2 aliphatic heterocycles. The van der Waals surface area contributed by atoms with E-state index in [1.54, 1.807) is 13.3 Å². The number of carbonyl (C=O) groups is 2. The molecule has 5 rings (SSSR count). The number of nitrogens with zero attached hydrogens (tertiary/aromatic N) is 1. The summed E-state index contributed by atoms with van der Waals surface area (Å²) in [5.41, 5.74) is 1.96. The summed E-state index contributed by atoms with van der Waals surface area (Å²) in [5, 5.41) is 9.58. The van der Waals surface area contributed by atoms with Gasteiger partial charge in [0.2, 0.25) is 11.8 Å². The fraction of sp³-hybridized carbons (Fsp3) is 0.536. The van der Waals surface area contributed by atoms with E-state index < -0.39 is 11.5 Å². The highest BCUT2D eigenvalue weighted by Crippen LogP contribution is 2.45. The van der Waals surface area contributed by atoms with Crippen molar-refractivity contribution in [2.75, 3.05) is 36.3 Å². The minimum absolute atomic E-state index is 0.0314. The molecule has 192 valence electrons. The van der Waals surface area contributed by atoms with Gasteiger partial charge in [-0.3, -0.25) is 9.59 Å². The van der Waals surface area contributed by atoms with Gasteiger partial charge in [-0.25, -0.2) is 4.98 Å². The number of ether oxygens (including phenoxy) is 2. The van der Waals surface area contributed by atoms with Crippen LogP contribution in [0.2, 0.25) is 0 Å². The maximum absolute atomic E-state index is 13.7. The molecule has 1 aromatic heterocycles. The van der Waals surface area contributed by atoms with Crippen LogP contribution in [0.4, 0.5) is 17.2 Å². The number of anilines is 3. The van der Waals surface area contributed by atoms with Gasteiger partial charge in [-0.15, -0.1) is 0 Å². The molecule has 2 aromatic rings. The average Bonchev–Trinajstić information content (AvgIpc) is 3.13. The van der Waals surface area contributed by atoms with Crippen molar-refractivity contribution in [1.82, 2.24) is 4.98 Å². The number of hydrogen-bond acceptors (Lipinski definition) is 6. The number of aromatic nitrogens is 1. The fourth-order valence-corrected chi connectivity index (χ4v) is 5.91. The number of nitrogens with one attached hydrogen (secondary N) is 3. The second-order valence-electron chi connectivity index (χ2n) is 10.2. The number of rotatable bonds is 6. The topological polar surface area (TPSA) is 102 Å². The summed E-state index contributed by atoms with van der Waals surface area (Å²) in [5.74, 6) is 1.50. The Morgan fingerprint density at radius 3 is 2.56 bits per heavy atom. The molecular formula is C28H36N4O4. The van der Waals surface area contributed by atoms with Crippen molar-refractivity contribution in [3.63, 3.8) is 0 Å². The summed E-state index contributed by atoms with van der Waals surface area (Å²) in [6.45, 7) is 1.17. The quantitative estimate of drug-likeness (QED) is 0.532. The Labute approximate surface area is 212 Å². The van der Waals surface area contributed by atoms with E-state index >= 15 is 0 Å². The molecular weight excluding hydrogens is 456 g/mol. The van der Waals surface area contributed by atoms with Crippen LogP contribution in [0.5, 0.6) is 5.75 Å². The van der Waals surface area contributed by atoms with Crippen LogP contribution in [-0.2, 0) is 19.7 Å². The zero-order valence-electron chi connectivity index (χ0n) is 21.0. The molecule has 1 saturated heterocycles. The van der Waals surface area contributed by atoms with Gasteiger partial charge in [0.15, 0.2) is 0 Å². The second-order valence-corrected chi connectivity index (χ2v) is 10.2. The van der Waals surface area contributed by atoms with Gasteiger partial charge in [-0.1, -0.05) is 38.2 Å². The molecule has 8 nitrogen and oxygen atoms in total. The maximum Gasteiger partial charge on any atom is 0.247 e. The van der Waals surface area contributed by atoms with Gasteiger partial charge >= 0.3 is 0 Å². The Bertz CT molecular complexity index is 1070. The first kappa shape index (κ1) is 24.6. The van der Waals surface area contributed by atoms with E-state index in [0.717, 1.165) is 36.9 Å². The molecule has 36 heavy (non-hydrogen) atoms. The molecule has 8 heteroatoms. The number of amides is 2. The van der Waals surface area contributed by atoms with E-state index in [4.69, 9.17) is 9.47 Å². The smallest absolute Gasteiger partial charge is 0.247 e. The van der Waals surface area contributed by atoms with E-state index in [0.29, 0.717) is 43.3 Å². The summed E-state index contributed by atoms with van der Waals surface area (Å²) in [7, 11) is 1.61. The van der Waals surface area contributed by atoms with Crippen LogP contribution in [-0.4, -0.2) is 43.2 Å². The number of pyridine rings is 1. The first-order valence-corrected chi connectivity index (χ1v) is 13.2. The summed E-state index contributed by atoms with van der Waals surface area (Å²) < 4.78 is 10.7. The van der Waals surface area contributed by atoms with E-state index in [2.05, 4.69) is 20.9 Å². The lowest BCUT2D eigenvalue weighted by atomic mass is 9.75. The number of carbonyl (C=O) groups excluding carboxylic acids is 2. The normalized spacial score (nSPS) is 20.5. The molecule has 1 saturated carbocycles. The molecule has 1 aromatic carbocycles. The van der Waals surface area contributed by atoms with Crippen molar-refractivity contribution < 1.29 is 19.1 Å². The monoisotopic (exact) mass is 492 g/mol. The Kier molecular flexibility index (Phi) is 7.41. The summed E-state index contributed by atoms with van der Waals surface area (Å²) >= 11 is 0. The lowest BCUT2D eigenvalue weighted by Crippen LogP contribution is -2.41. The lowest BCUT2D eigenvalue weighted by molar-refractivity contribution is -0.124. The molecule has 1 atom stereocenters. The van der Waals surface area contributed by atoms with Gasteiger partial charge in [-0.2, -0.15) is 0 Å².